The van der Waals surface area contributed by atoms with Crippen LogP contribution in [0.1, 0.15) is 0 Å². The third-order valence-electron chi connectivity index (χ3n) is 14.3. The number of fused-ring (bicyclic) bond motifs is 12. The molecule has 0 saturated carbocycles. The average Bonchev–Trinajstić information content (AvgIpc) is 4.10. The zero-order valence-corrected chi connectivity index (χ0v) is 38.2. The maximum Gasteiger partial charge on any atom is 0.164 e. The Kier molecular flexibility index (Phi) is 8.56. The Morgan fingerprint density at radius 2 is 0.803 bits per heavy atom. The van der Waals surface area contributed by atoms with Crippen LogP contribution < -0.4 is 0 Å². The predicted octanol–water partition coefficient (Wildman–Crippen LogP) is 16.9. The molecule has 4 heterocycles. The number of nitrogens with zero attached hydrogens (tertiary/aromatic N) is 5. The zero-order chi connectivity index (χ0) is 46.6. The van der Waals surface area contributed by atoms with E-state index in [-0.39, 0.29) is 0 Å². The molecule has 0 spiro atoms. The Hall–Kier alpha value is -9.65. The molecule has 0 aliphatic carbocycles. The highest BCUT2D eigenvalue weighted by molar-refractivity contribution is 6.20. The van der Waals surface area contributed by atoms with Crippen molar-refractivity contribution in [2.24, 2.45) is 0 Å². The number of hydrogen-bond donors (Lipinski definition) is 0. The molecule has 0 amide bonds. The van der Waals surface area contributed by atoms with Gasteiger partial charge in [0.05, 0.1) is 22.1 Å². The molecule has 15 rings (SSSR count). The highest BCUT2D eigenvalue weighted by atomic mass is 16.3. The van der Waals surface area contributed by atoms with Crippen LogP contribution in [-0.2, 0) is 0 Å². The molecular formula is C65H39N5O. The Morgan fingerprint density at radius 3 is 1.55 bits per heavy atom. The Balaban J connectivity index is 0.929. The average molecular weight is 906 g/mol. The summed E-state index contributed by atoms with van der Waals surface area (Å²) in [4.78, 5) is 15.9. The van der Waals surface area contributed by atoms with Crippen molar-refractivity contribution in [2.45, 2.75) is 0 Å². The van der Waals surface area contributed by atoms with E-state index in [0.29, 0.717) is 17.5 Å². The van der Waals surface area contributed by atoms with Gasteiger partial charge in [-0.25, -0.2) is 15.0 Å². The lowest BCUT2D eigenvalue weighted by atomic mass is 10.0. The summed E-state index contributed by atoms with van der Waals surface area (Å²) in [6.07, 6.45) is 0. The van der Waals surface area contributed by atoms with E-state index in [1.54, 1.807) is 0 Å². The Bertz CT molecular complexity index is 4640. The maximum atomic E-state index is 6.66. The smallest absolute Gasteiger partial charge is 0.164 e. The molecule has 4 aromatic heterocycles. The zero-order valence-electron chi connectivity index (χ0n) is 38.2. The van der Waals surface area contributed by atoms with Gasteiger partial charge in [-0.3, -0.25) is 0 Å². The fourth-order valence-corrected chi connectivity index (χ4v) is 11.0. The van der Waals surface area contributed by atoms with Gasteiger partial charge in [-0.15, -0.1) is 0 Å². The standard InChI is InChI=1S/C65H39N5O/c1-3-14-40(15-4-1)42-18-13-19-45(34-42)63-66-64(68-65(67-63)47-28-31-58-53(37-47)50-22-9-11-24-56(50)69(58)48-20-5-2-6-21-48)46-27-26-41-29-32-61-62(52(41)36-46)55-39-49(30-33-60(55)71-61)70-57-25-12-10-23-51(57)54-35-43-16-7-8-17-44(43)38-59(54)70/h1-39H. The SMILES string of the molecule is c1ccc(-c2cccc(-c3nc(-c4ccc5ccc6oc7ccc(-n8c9ccccc9c9cc%10ccccc%10cc98)cc7c6c5c4)nc(-c4ccc5c(c4)c4ccccc4n5-c4ccccc4)n3)c2)cc1. The van der Waals surface area contributed by atoms with E-state index in [2.05, 4.69) is 240 Å². The summed E-state index contributed by atoms with van der Waals surface area (Å²) >= 11 is 0. The van der Waals surface area contributed by atoms with Crippen molar-refractivity contribution in [3.63, 3.8) is 0 Å². The molecule has 71 heavy (non-hydrogen) atoms. The molecule has 0 aliphatic heterocycles. The van der Waals surface area contributed by atoms with Crippen molar-refractivity contribution in [3.8, 4) is 56.7 Å². The maximum absolute atomic E-state index is 6.66. The molecule has 0 N–H and O–H groups in total. The molecule has 6 nitrogen and oxygen atoms in total. The summed E-state index contributed by atoms with van der Waals surface area (Å²) in [5.41, 5.74) is 13.4. The molecule has 0 bridgehead atoms. The normalized spacial score (nSPS) is 11.9. The van der Waals surface area contributed by atoms with Crippen molar-refractivity contribution in [1.29, 1.82) is 0 Å². The van der Waals surface area contributed by atoms with Gasteiger partial charge < -0.3 is 13.6 Å². The van der Waals surface area contributed by atoms with Crippen LogP contribution in [-0.4, -0.2) is 24.1 Å². The molecular weight excluding hydrogens is 867 g/mol. The summed E-state index contributed by atoms with van der Waals surface area (Å²) in [6.45, 7) is 0. The molecule has 0 saturated heterocycles. The van der Waals surface area contributed by atoms with Crippen LogP contribution in [0.3, 0.4) is 0 Å². The highest BCUT2D eigenvalue weighted by Crippen LogP contribution is 2.41. The number of aromatic nitrogens is 5. The second-order valence-electron chi connectivity index (χ2n) is 18.4. The van der Waals surface area contributed by atoms with Crippen LogP contribution in [0.2, 0.25) is 0 Å². The summed E-state index contributed by atoms with van der Waals surface area (Å²) < 4.78 is 11.4. The van der Waals surface area contributed by atoms with Crippen LogP contribution in [0.15, 0.2) is 241 Å². The van der Waals surface area contributed by atoms with Gasteiger partial charge in [0.25, 0.3) is 0 Å². The van der Waals surface area contributed by atoms with E-state index in [9.17, 15) is 0 Å². The number of rotatable bonds is 6. The Labute approximate surface area is 407 Å². The van der Waals surface area contributed by atoms with Crippen molar-refractivity contribution in [3.05, 3.63) is 237 Å². The fourth-order valence-electron chi connectivity index (χ4n) is 11.0. The quantitative estimate of drug-likeness (QED) is 0.167. The molecule has 6 heteroatoms. The van der Waals surface area contributed by atoms with Crippen molar-refractivity contribution in [2.75, 3.05) is 0 Å². The Morgan fingerprint density at radius 1 is 0.268 bits per heavy atom. The monoisotopic (exact) mass is 905 g/mol. The van der Waals surface area contributed by atoms with Crippen LogP contribution in [0.4, 0.5) is 0 Å². The van der Waals surface area contributed by atoms with E-state index in [1.807, 2.05) is 6.07 Å². The molecule has 0 aliphatic rings. The minimum Gasteiger partial charge on any atom is -0.456 e. The van der Waals surface area contributed by atoms with Gasteiger partial charge in [-0.2, -0.15) is 0 Å². The number of para-hydroxylation sites is 3. The molecule has 0 unspecified atom stereocenters. The van der Waals surface area contributed by atoms with Crippen molar-refractivity contribution in [1.82, 2.24) is 24.1 Å². The first-order valence-electron chi connectivity index (χ1n) is 24.0. The lowest BCUT2D eigenvalue weighted by Crippen LogP contribution is -2.00. The molecule has 0 fully saturated rings. The van der Waals surface area contributed by atoms with E-state index in [0.717, 1.165) is 93.8 Å². The van der Waals surface area contributed by atoms with Crippen LogP contribution >= 0.6 is 0 Å². The topological polar surface area (TPSA) is 61.7 Å². The van der Waals surface area contributed by atoms with E-state index < -0.39 is 0 Å². The van der Waals surface area contributed by atoms with E-state index in [1.165, 1.54) is 32.4 Å². The lowest BCUT2D eigenvalue weighted by molar-refractivity contribution is 0.669. The molecule has 11 aromatic carbocycles. The van der Waals surface area contributed by atoms with Gasteiger partial charge in [0, 0.05) is 60.4 Å². The highest BCUT2D eigenvalue weighted by Gasteiger charge is 2.20. The first kappa shape index (κ1) is 39.4. The third kappa shape index (κ3) is 6.25. The number of furan rings is 1. The van der Waals surface area contributed by atoms with Crippen LogP contribution in [0.5, 0.6) is 0 Å². The molecule has 0 atom stereocenters. The van der Waals surface area contributed by atoms with Crippen LogP contribution in [0, 0.1) is 0 Å². The van der Waals surface area contributed by atoms with Crippen molar-refractivity contribution < 1.29 is 4.42 Å². The first-order chi connectivity index (χ1) is 35.2. The first-order valence-corrected chi connectivity index (χ1v) is 24.0. The van der Waals surface area contributed by atoms with Gasteiger partial charge in [0.15, 0.2) is 17.5 Å². The fraction of sp³-hybridized carbons (Fsp3) is 0. The van der Waals surface area contributed by atoms with E-state index in [4.69, 9.17) is 19.4 Å². The van der Waals surface area contributed by atoms with Gasteiger partial charge >= 0.3 is 0 Å². The molecule has 15 aromatic rings. The summed E-state index contributed by atoms with van der Waals surface area (Å²) in [5.74, 6) is 1.79. The molecule has 330 valence electrons. The molecule has 0 radical (unpaired) electrons. The van der Waals surface area contributed by atoms with E-state index >= 15 is 0 Å². The van der Waals surface area contributed by atoms with Gasteiger partial charge in [0.2, 0.25) is 0 Å². The van der Waals surface area contributed by atoms with Crippen LogP contribution in [0.25, 0.3) is 144 Å². The lowest BCUT2D eigenvalue weighted by Gasteiger charge is -2.11. The summed E-state index contributed by atoms with van der Waals surface area (Å²) in [5, 5.41) is 11.5. The number of benzene rings is 11. The van der Waals surface area contributed by atoms with Gasteiger partial charge in [-0.1, -0.05) is 146 Å². The summed E-state index contributed by atoms with van der Waals surface area (Å²) in [6, 6.07) is 83.9. The second kappa shape index (κ2) is 15.4. The minimum atomic E-state index is 0.590. The van der Waals surface area contributed by atoms with Gasteiger partial charge in [0.1, 0.15) is 11.2 Å². The third-order valence-corrected chi connectivity index (χ3v) is 14.3. The minimum absolute atomic E-state index is 0.590. The summed E-state index contributed by atoms with van der Waals surface area (Å²) in [7, 11) is 0. The largest absolute Gasteiger partial charge is 0.456 e. The second-order valence-corrected chi connectivity index (χ2v) is 18.4. The predicted molar refractivity (Wildman–Crippen MR) is 293 cm³/mol. The van der Waals surface area contributed by atoms with Gasteiger partial charge in [-0.05, 0) is 124 Å². The number of hydrogen-bond acceptors (Lipinski definition) is 4. The van der Waals surface area contributed by atoms with Crippen molar-refractivity contribution >= 4 is 87.1 Å².